The first-order chi connectivity index (χ1) is 9.24. The molecule has 0 radical (unpaired) electrons. The smallest absolute Gasteiger partial charge is 0.119 e. The standard InChI is InChI=1S/C17H28O2/c1-2-3-4-5-6-7-8-9-10-11-15-14-16(18)12-13-17(15)19/h12-14,18-19H,2-11H2,1H3. The number of unbranched alkanes of at least 4 members (excludes halogenated alkanes) is 8. The molecule has 108 valence electrons. The van der Waals surface area contributed by atoms with Gasteiger partial charge in [-0.15, -0.1) is 0 Å². The Bertz CT molecular complexity index is 347. The fraction of sp³-hybridized carbons (Fsp3) is 0.647. The van der Waals surface area contributed by atoms with Crippen molar-refractivity contribution in [3.63, 3.8) is 0 Å². The van der Waals surface area contributed by atoms with Crippen LogP contribution in [-0.2, 0) is 6.42 Å². The maximum atomic E-state index is 9.65. The zero-order valence-corrected chi connectivity index (χ0v) is 12.2. The van der Waals surface area contributed by atoms with Crippen molar-refractivity contribution in [2.45, 2.75) is 71.1 Å². The SMILES string of the molecule is CCCCCCCCCCCc1cc(O)ccc1O. The van der Waals surface area contributed by atoms with Gasteiger partial charge in [0.15, 0.2) is 0 Å². The number of benzene rings is 1. The van der Waals surface area contributed by atoms with E-state index in [-0.39, 0.29) is 5.75 Å². The Balaban J connectivity index is 2.03. The van der Waals surface area contributed by atoms with E-state index in [0.717, 1.165) is 18.4 Å². The number of hydrogen-bond acceptors (Lipinski definition) is 2. The maximum absolute atomic E-state index is 9.65. The third-order valence-electron chi connectivity index (χ3n) is 3.61. The van der Waals surface area contributed by atoms with Gasteiger partial charge in [-0.25, -0.2) is 0 Å². The van der Waals surface area contributed by atoms with Gasteiger partial charge in [0.05, 0.1) is 0 Å². The van der Waals surface area contributed by atoms with Crippen molar-refractivity contribution in [1.82, 2.24) is 0 Å². The first kappa shape index (κ1) is 15.9. The largest absolute Gasteiger partial charge is 0.508 e. The second-order valence-electron chi connectivity index (χ2n) is 5.39. The first-order valence-corrected chi connectivity index (χ1v) is 7.75. The molecule has 0 aliphatic carbocycles. The van der Waals surface area contributed by atoms with Crippen LogP contribution in [0, 0.1) is 0 Å². The van der Waals surface area contributed by atoms with Gasteiger partial charge in [0.25, 0.3) is 0 Å². The Morgan fingerprint density at radius 1 is 0.789 bits per heavy atom. The molecule has 0 fully saturated rings. The summed E-state index contributed by atoms with van der Waals surface area (Å²) in [7, 11) is 0. The molecule has 0 bridgehead atoms. The van der Waals surface area contributed by atoms with E-state index >= 15 is 0 Å². The molecule has 0 aromatic heterocycles. The molecule has 0 saturated carbocycles. The summed E-state index contributed by atoms with van der Waals surface area (Å²) in [5.41, 5.74) is 0.864. The molecule has 1 aromatic rings. The molecule has 19 heavy (non-hydrogen) atoms. The molecular weight excluding hydrogens is 236 g/mol. The van der Waals surface area contributed by atoms with Gasteiger partial charge in [-0.3, -0.25) is 0 Å². The van der Waals surface area contributed by atoms with E-state index in [2.05, 4.69) is 6.92 Å². The van der Waals surface area contributed by atoms with Crippen LogP contribution in [-0.4, -0.2) is 10.2 Å². The Hall–Kier alpha value is -1.18. The molecule has 0 saturated heterocycles. The van der Waals surface area contributed by atoms with Gasteiger partial charge in [0, 0.05) is 0 Å². The first-order valence-electron chi connectivity index (χ1n) is 7.75. The van der Waals surface area contributed by atoms with Crippen LogP contribution in [0.5, 0.6) is 11.5 Å². The van der Waals surface area contributed by atoms with Crippen LogP contribution in [0.3, 0.4) is 0 Å². The van der Waals surface area contributed by atoms with E-state index in [0.29, 0.717) is 5.75 Å². The summed E-state index contributed by atoms with van der Waals surface area (Å²) in [6, 6.07) is 4.76. The topological polar surface area (TPSA) is 40.5 Å². The summed E-state index contributed by atoms with van der Waals surface area (Å²) in [6.07, 6.45) is 12.6. The quantitative estimate of drug-likeness (QED) is 0.452. The molecule has 2 nitrogen and oxygen atoms in total. The minimum atomic E-state index is 0.240. The third kappa shape index (κ3) is 7.09. The summed E-state index contributed by atoms with van der Waals surface area (Å²) < 4.78 is 0. The monoisotopic (exact) mass is 264 g/mol. The van der Waals surface area contributed by atoms with Crippen LogP contribution in [0.25, 0.3) is 0 Å². The second kappa shape index (κ2) is 9.71. The highest BCUT2D eigenvalue weighted by molar-refractivity contribution is 5.38. The van der Waals surface area contributed by atoms with Gasteiger partial charge in [-0.2, -0.15) is 0 Å². The Morgan fingerprint density at radius 3 is 2.00 bits per heavy atom. The van der Waals surface area contributed by atoms with Crippen molar-refractivity contribution >= 4 is 0 Å². The molecule has 2 heteroatoms. The zero-order chi connectivity index (χ0) is 13.9. The van der Waals surface area contributed by atoms with Gasteiger partial charge in [-0.1, -0.05) is 58.3 Å². The second-order valence-corrected chi connectivity index (χ2v) is 5.39. The number of hydrogen-bond donors (Lipinski definition) is 2. The van der Waals surface area contributed by atoms with E-state index in [9.17, 15) is 10.2 Å². The fourth-order valence-electron chi connectivity index (χ4n) is 2.40. The lowest BCUT2D eigenvalue weighted by molar-refractivity contribution is 0.452. The maximum Gasteiger partial charge on any atom is 0.119 e. The average molecular weight is 264 g/mol. The van der Waals surface area contributed by atoms with Crippen LogP contribution in [0.4, 0.5) is 0 Å². The van der Waals surface area contributed by atoms with Gasteiger partial charge in [-0.05, 0) is 36.6 Å². The van der Waals surface area contributed by atoms with E-state index in [1.807, 2.05) is 0 Å². The van der Waals surface area contributed by atoms with Crippen molar-refractivity contribution in [3.8, 4) is 11.5 Å². The number of aromatic hydroxyl groups is 2. The van der Waals surface area contributed by atoms with Crippen LogP contribution < -0.4 is 0 Å². The highest BCUT2D eigenvalue weighted by atomic mass is 16.3. The van der Waals surface area contributed by atoms with Crippen molar-refractivity contribution in [2.24, 2.45) is 0 Å². The normalized spacial score (nSPS) is 10.8. The molecule has 0 aliphatic rings. The van der Waals surface area contributed by atoms with Crippen molar-refractivity contribution in [2.75, 3.05) is 0 Å². The summed E-state index contributed by atoms with van der Waals surface area (Å²) in [5, 5.41) is 19.0. The highest BCUT2D eigenvalue weighted by Gasteiger charge is 2.02. The highest BCUT2D eigenvalue weighted by Crippen LogP contribution is 2.24. The molecule has 0 unspecified atom stereocenters. The summed E-state index contributed by atoms with van der Waals surface area (Å²) in [5.74, 6) is 0.543. The van der Waals surface area contributed by atoms with Gasteiger partial charge in [0.1, 0.15) is 11.5 Å². The minimum absolute atomic E-state index is 0.240. The van der Waals surface area contributed by atoms with Crippen molar-refractivity contribution in [1.29, 1.82) is 0 Å². The predicted molar refractivity (Wildman–Crippen MR) is 80.7 cm³/mol. The number of aryl methyl sites for hydroxylation is 1. The molecular formula is C17H28O2. The Morgan fingerprint density at radius 2 is 1.37 bits per heavy atom. The third-order valence-corrected chi connectivity index (χ3v) is 3.61. The average Bonchev–Trinajstić information content (AvgIpc) is 2.40. The van der Waals surface area contributed by atoms with E-state index in [1.54, 1.807) is 12.1 Å². The van der Waals surface area contributed by atoms with Gasteiger partial charge >= 0.3 is 0 Å². The molecule has 0 amide bonds. The lowest BCUT2D eigenvalue weighted by atomic mass is 10.0. The number of rotatable bonds is 10. The van der Waals surface area contributed by atoms with Crippen LogP contribution in [0.2, 0.25) is 0 Å². The van der Waals surface area contributed by atoms with Crippen molar-refractivity contribution < 1.29 is 10.2 Å². The summed E-state index contributed by atoms with van der Waals surface area (Å²) in [4.78, 5) is 0. The van der Waals surface area contributed by atoms with Gasteiger partial charge < -0.3 is 10.2 Å². The lowest BCUT2D eigenvalue weighted by Gasteiger charge is -2.05. The van der Waals surface area contributed by atoms with Gasteiger partial charge in [0.2, 0.25) is 0 Å². The fourth-order valence-corrected chi connectivity index (χ4v) is 2.40. The minimum Gasteiger partial charge on any atom is -0.508 e. The molecule has 0 heterocycles. The van der Waals surface area contributed by atoms with Crippen LogP contribution in [0.15, 0.2) is 18.2 Å². The molecule has 0 aliphatic heterocycles. The lowest BCUT2D eigenvalue weighted by Crippen LogP contribution is -1.87. The summed E-state index contributed by atoms with van der Waals surface area (Å²) >= 11 is 0. The van der Waals surface area contributed by atoms with E-state index in [4.69, 9.17) is 0 Å². The molecule has 0 atom stereocenters. The zero-order valence-electron chi connectivity index (χ0n) is 12.2. The predicted octanol–water partition coefficient (Wildman–Crippen LogP) is 5.17. The summed E-state index contributed by atoms with van der Waals surface area (Å²) in [6.45, 7) is 2.25. The van der Waals surface area contributed by atoms with Crippen molar-refractivity contribution in [3.05, 3.63) is 23.8 Å². The number of phenols is 2. The molecule has 0 spiro atoms. The Labute approximate surface area is 117 Å². The van der Waals surface area contributed by atoms with Crippen LogP contribution >= 0.6 is 0 Å². The van der Waals surface area contributed by atoms with E-state index in [1.165, 1.54) is 57.4 Å². The molecule has 2 N–H and O–H groups in total. The molecule has 1 aromatic carbocycles. The van der Waals surface area contributed by atoms with Crippen LogP contribution in [0.1, 0.15) is 70.3 Å². The molecule has 1 rings (SSSR count). The van der Waals surface area contributed by atoms with E-state index < -0.39 is 0 Å². The number of phenolic OH excluding ortho intramolecular Hbond substituents is 2. The Kier molecular flexibility index (Phi) is 8.11.